The van der Waals surface area contributed by atoms with E-state index in [1.54, 1.807) is 6.08 Å². The maximum Gasteiger partial charge on any atom is 0.337 e. The highest BCUT2D eigenvalue weighted by atomic mass is 19.1. The number of hydrogen-bond donors (Lipinski definition) is 2. The number of aromatic carboxylic acids is 1. The van der Waals surface area contributed by atoms with Crippen LogP contribution in [-0.2, 0) is 4.79 Å². The third kappa shape index (κ3) is 4.67. The van der Waals surface area contributed by atoms with Crippen LogP contribution < -0.4 is 5.32 Å². The Bertz CT molecular complexity index is 996. The van der Waals surface area contributed by atoms with Crippen molar-refractivity contribution < 1.29 is 19.1 Å². The van der Waals surface area contributed by atoms with Crippen LogP contribution in [0.4, 0.5) is 10.1 Å². The molecule has 0 aromatic heterocycles. The van der Waals surface area contributed by atoms with Crippen molar-refractivity contribution in [2.24, 2.45) is 0 Å². The Morgan fingerprint density at radius 1 is 0.889 bits per heavy atom. The lowest BCUT2D eigenvalue weighted by Gasteiger charge is -2.06. The van der Waals surface area contributed by atoms with Crippen molar-refractivity contribution in [3.63, 3.8) is 0 Å². The van der Waals surface area contributed by atoms with Crippen molar-refractivity contribution in [1.29, 1.82) is 0 Å². The molecule has 0 radical (unpaired) electrons. The summed E-state index contributed by atoms with van der Waals surface area (Å²) in [5.74, 6) is -2.50. The van der Waals surface area contributed by atoms with Gasteiger partial charge in [0.1, 0.15) is 5.82 Å². The summed E-state index contributed by atoms with van der Waals surface area (Å²) < 4.78 is 13.2. The normalized spacial score (nSPS) is 10.7. The van der Waals surface area contributed by atoms with Crippen LogP contribution in [0.1, 0.15) is 15.9 Å². The maximum absolute atomic E-state index is 13.2. The zero-order valence-corrected chi connectivity index (χ0v) is 14.2. The second-order valence-corrected chi connectivity index (χ2v) is 5.81. The van der Waals surface area contributed by atoms with Gasteiger partial charge in [-0.05, 0) is 41.0 Å². The van der Waals surface area contributed by atoms with Crippen molar-refractivity contribution in [3.8, 4) is 11.1 Å². The average Bonchev–Trinajstić information content (AvgIpc) is 2.69. The van der Waals surface area contributed by atoms with Crippen LogP contribution in [-0.4, -0.2) is 17.0 Å². The molecule has 27 heavy (non-hydrogen) atoms. The summed E-state index contributed by atoms with van der Waals surface area (Å²) in [6, 6.07) is 20.8. The molecule has 2 N–H and O–H groups in total. The lowest BCUT2D eigenvalue weighted by atomic mass is 10.0. The van der Waals surface area contributed by atoms with E-state index in [-0.39, 0.29) is 11.3 Å². The van der Waals surface area contributed by atoms with Crippen LogP contribution in [0.15, 0.2) is 78.9 Å². The first kappa shape index (κ1) is 18.1. The summed E-state index contributed by atoms with van der Waals surface area (Å²) in [4.78, 5) is 23.2. The first-order valence-corrected chi connectivity index (χ1v) is 8.20. The van der Waals surface area contributed by atoms with Crippen LogP contribution in [0.25, 0.3) is 17.2 Å². The Kier molecular flexibility index (Phi) is 5.42. The molecule has 5 heteroatoms. The molecule has 0 unspecified atom stereocenters. The summed E-state index contributed by atoms with van der Waals surface area (Å²) in [6.45, 7) is 0. The van der Waals surface area contributed by atoms with Gasteiger partial charge in [-0.1, -0.05) is 54.6 Å². The predicted octanol–water partition coefficient (Wildman–Crippen LogP) is 4.84. The number of carboxylic acid groups (broad SMARTS) is 1. The summed E-state index contributed by atoms with van der Waals surface area (Å²) in [6.07, 6.45) is 2.92. The smallest absolute Gasteiger partial charge is 0.337 e. The summed E-state index contributed by atoms with van der Waals surface area (Å²) >= 11 is 0. The number of carbonyl (C=O) groups excluding carboxylic acids is 1. The SMILES string of the molecule is O=C(/C=C/c1ccc(-c2ccccc2)cc1)Nc1ccc(F)cc1C(=O)O. The summed E-state index contributed by atoms with van der Waals surface area (Å²) in [5, 5.41) is 11.5. The Morgan fingerprint density at radius 2 is 1.56 bits per heavy atom. The molecule has 0 atom stereocenters. The van der Waals surface area contributed by atoms with Crippen LogP contribution in [0.3, 0.4) is 0 Å². The van der Waals surface area contributed by atoms with Gasteiger partial charge in [0, 0.05) is 6.08 Å². The molecule has 3 aromatic rings. The van der Waals surface area contributed by atoms with Gasteiger partial charge in [0.25, 0.3) is 0 Å². The minimum absolute atomic E-state index is 0.0398. The molecule has 3 aromatic carbocycles. The van der Waals surface area contributed by atoms with E-state index in [1.807, 2.05) is 54.6 Å². The number of carboxylic acids is 1. The Morgan fingerprint density at radius 3 is 2.22 bits per heavy atom. The number of nitrogens with one attached hydrogen (secondary N) is 1. The maximum atomic E-state index is 13.2. The Labute approximate surface area is 155 Å². The van der Waals surface area contributed by atoms with Crippen LogP contribution in [0.5, 0.6) is 0 Å². The van der Waals surface area contributed by atoms with Crippen molar-refractivity contribution in [2.45, 2.75) is 0 Å². The van der Waals surface area contributed by atoms with Crippen LogP contribution >= 0.6 is 0 Å². The molecule has 4 nitrogen and oxygen atoms in total. The van der Waals surface area contributed by atoms with Gasteiger partial charge in [0.2, 0.25) is 5.91 Å². The molecule has 0 aliphatic carbocycles. The quantitative estimate of drug-likeness (QED) is 0.639. The van der Waals surface area contributed by atoms with E-state index in [0.29, 0.717) is 0 Å². The topological polar surface area (TPSA) is 66.4 Å². The molecule has 0 saturated heterocycles. The molecular weight excluding hydrogens is 345 g/mol. The van der Waals surface area contributed by atoms with Gasteiger partial charge in [-0.3, -0.25) is 4.79 Å². The standard InChI is InChI=1S/C22H16FNO3/c23-18-11-12-20(19(14-18)22(26)27)24-21(25)13-8-15-6-9-17(10-7-15)16-4-2-1-3-5-16/h1-14H,(H,24,25)(H,26,27)/b13-8+. The minimum Gasteiger partial charge on any atom is -0.478 e. The van der Waals surface area contributed by atoms with Gasteiger partial charge in [0.05, 0.1) is 11.3 Å². The monoisotopic (exact) mass is 361 g/mol. The van der Waals surface area contributed by atoms with Crippen molar-refractivity contribution >= 4 is 23.6 Å². The number of halogens is 1. The van der Waals surface area contributed by atoms with E-state index in [4.69, 9.17) is 5.11 Å². The number of rotatable bonds is 5. The minimum atomic E-state index is -1.31. The summed E-state index contributed by atoms with van der Waals surface area (Å²) in [5.41, 5.74) is 2.72. The summed E-state index contributed by atoms with van der Waals surface area (Å²) in [7, 11) is 0. The van der Waals surface area contributed by atoms with Crippen LogP contribution in [0.2, 0.25) is 0 Å². The van der Waals surface area contributed by atoms with Crippen LogP contribution in [0, 0.1) is 5.82 Å². The highest BCUT2D eigenvalue weighted by Crippen LogP contribution is 2.20. The Balaban J connectivity index is 1.70. The Hall–Kier alpha value is -3.73. The molecule has 134 valence electrons. The average molecular weight is 361 g/mol. The van der Waals surface area contributed by atoms with Gasteiger partial charge < -0.3 is 10.4 Å². The largest absolute Gasteiger partial charge is 0.478 e. The molecule has 0 heterocycles. The van der Waals surface area contributed by atoms with E-state index in [9.17, 15) is 14.0 Å². The zero-order chi connectivity index (χ0) is 19.2. The molecule has 0 spiro atoms. The van der Waals surface area contributed by atoms with E-state index in [2.05, 4.69) is 5.32 Å². The van der Waals surface area contributed by atoms with Gasteiger partial charge in [-0.25, -0.2) is 9.18 Å². The highest BCUT2D eigenvalue weighted by molar-refractivity contribution is 6.06. The lowest BCUT2D eigenvalue weighted by molar-refractivity contribution is -0.111. The highest BCUT2D eigenvalue weighted by Gasteiger charge is 2.12. The van der Waals surface area contributed by atoms with Crippen molar-refractivity contribution in [3.05, 3.63) is 95.8 Å². The van der Waals surface area contributed by atoms with E-state index >= 15 is 0 Å². The van der Waals surface area contributed by atoms with Gasteiger partial charge in [-0.2, -0.15) is 0 Å². The number of hydrogen-bond acceptors (Lipinski definition) is 2. The number of amides is 1. The molecule has 0 saturated carbocycles. The van der Waals surface area contributed by atoms with E-state index in [0.717, 1.165) is 28.8 Å². The van der Waals surface area contributed by atoms with E-state index < -0.39 is 17.7 Å². The fraction of sp³-hybridized carbons (Fsp3) is 0. The third-order valence-electron chi connectivity index (χ3n) is 3.91. The van der Waals surface area contributed by atoms with Crippen molar-refractivity contribution in [1.82, 2.24) is 0 Å². The number of benzene rings is 3. The molecule has 1 amide bonds. The van der Waals surface area contributed by atoms with Gasteiger partial charge >= 0.3 is 5.97 Å². The first-order valence-electron chi connectivity index (χ1n) is 8.20. The fourth-order valence-electron chi connectivity index (χ4n) is 2.57. The first-order chi connectivity index (χ1) is 13.0. The fourth-order valence-corrected chi connectivity index (χ4v) is 2.57. The molecule has 0 fully saturated rings. The second-order valence-electron chi connectivity index (χ2n) is 5.81. The molecular formula is C22H16FNO3. The second kappa shape index (κ2) is 8.10. The lowest BCUT2D eigenvalue weighted by Crippen LogP contribution is -2.12. The number of carbonyl (C=O) groups is 2. The molecule has 3 rings (SSSR count). The third-order valence-corrected chi connectivity index (χ3v) is 3.91. The van der Waals surface area contributed by atoms with E-state index in [1.165, 1.54) is 12.1 Å². The molecule has 0 aliphatic rings. The molecule has 0 bridgehead atoms. The predicted molar refractivity (Wildman–Crippen MR) is 103 cm³/mol. The number of anilines is 1. The van der Waals surface area contributed by atoms with Crippen molar-refractivity contribution in [2.75, 3.05) is 5.32 Å². The zero-order valence-electron chi connectivity index (χ0n) is 14.2. The molecule has 0 aliphatic heterocycles. The van der Waals surface area contributed by atoms with Gasteiger partial charge in [0.15, 0.2) is 0 Å². The van der Waals surface area contributed by atoms with Gasteiger partial charge in [-0.15, -0.1) is 0 Å².